The van der Waals surface area contributed by atoms with Crippen LogP contribution in [0.4, 0.5) is 10.1 Å². The number of carbonyl (C=O) groups is 1. The third kappa shape index (κ3) is 2.06. The van der Waals surface area contributed by atoms with E-state index in [-0.39, 0.29) is 23.7 Å². The summed E-state index contributed by atoms with van der Waals surface area (Å²) >= 11 is 0. The number of rotatable bonds is 1. The third-order valence-corrected chi connectivity index (χ3v) is 1.13. The molecular formula is C6H6ClFN2O2. The minimum absolute atomic E-state index is 0. The highest BCUT2D eigenvalue weighted by atomic mass is 35.5. The first kappa shape index (κ1) is 10.6. The molecule has 0 aliphatic carbocycles. The Hall–Kier alpha value is -1.36. The van der Waals surface area contributed by atoms with Crippen molar-refractivity contribution in [1.82, 2.24) is 4.98 Å². The molecule has 0 radical (unpaired) electrons. The van der Waals surface area contributed by atoms with E-state index in [0.717, 1.165) is 12.3 Å². The Bertz CT molecular complexity index is 306. The normalized spacial score (nSPS) is 8.75. The van der Waals surface area contributed by atoms with Gasteiger partial charge in [0.25, 0.3) is 0 Å². The summed E-state index contributed by atoms with van der Waals surface area (Å²) in [5.74, 6) is -2.11. The number of nitrogen functional groups attached to an aromatic ring is 1. The van der Waals surface area contributed by atoms with E-state index in [4.69, 9.17) is 10.8 Å². The van der Waals surface area contributed by atoms with Crippen molar-refractivity contribution in [3.05, 3.63) is 23.8 Å². The number of aromatic nitrogens is 1. The number of aromatic carboxylic acids is 1. The molecular weight excluding hydrogens is 187 g/mol. The van der Waals surface area contributed by atoms with Gasteiger partial charge in [-0.2, -0.15) is 4.39 Å². The number of anilines is 1. The number of nitrogens with two attached hydrogens (primary N) is 1. The summed E-state index contributed by atoms with van der Waals surface area (Å²) in [6, 6.07) is 0.775. The smallest absolute Gasteiger partial charge is 0.338 e. The maximum atomic E-state index is 12.3. The van der Waals surface area contributed by atoms with Gasteiger partial charge < -0.3 is 10.8 Å². The number of hydrogen-bond acceptors (Lipinski definition) is 3. The molecule has 0 aliphatic rings. The van der Waals surface area contributed by atoms with Crippen molar-refractivity contribution in [2.75, 3.05) is 5.73 Å². The van der Waals surface area contributed by atoms with Gasteiger partial charge in [-0.15, -0.1) is 12.4 Å². The van der Waals surface area contributed by atoms with Gasteiger partial charge in [-0.05, 0) is 0 Å². The molecule has 1 heterocycles. The van der Waals surface area contributed by atoms with Crippen molar-refractivity contribution < 1.29 is 14.3 Å². The van der Waals surface area contributed by atoms with Gasteiger partial charge in [0.2, 0.25) is 5.95 Å². The van der Waals surface area contributed by atoms with Crippen molar-refractivity contribution in [1.29, 1.82) is 0 Å². The Morgan fingerprint density at radius 1 is 1.67 bits per heavy atom. The maximum absolute atomic E-state index is 12.3. The first-order chi connectivity index (χ1) is 5.11. The molecule has 0 atom stereocenters. The first-order valence-corrected chi connectivity index (χ1v) is 2.75. The lowest BCUT2D eigenvalue weighted by atomic mass is 10.2. The van der Waals surface area contributed by atoms with E-state index in [1.54, 1.807) is 0 Å². The van der Waals surface area contributed by atoms with Crippen LogP contribution in [0.3, 0.4) is 0 Å². The zero-order valence-corrected chi connectivity index (χ0v) is 6.64. The van der Waals surface area contributed by atoms with Crippen molar-refractivity contribution in [2.45, 2.75) is 0 Å². The summed E-state index contributed by atoms with van der Waals surface area (Å²) in [4.78, 5) is 13.5. The Labute approximate surface area is 73.6 Å². The first-order valence-electron chi connectivity index (χ1n) is 2.75. The van der Waals surface area contributed by atoms with Gasteiger partial charge in [-0.1, -0.05) is 0 Å². The molecule has 0 unspecified atom stereocenters. The molecule has 0 fully saturated rings. The molecule has 0 saturated carbocycles. The van der Waals surface area contributed by atoms with Gasteiger partial charge >= 0.3 is 5.97 Å². The molecule has 1 aromatic heterocycles. The summed E-state index contributed by atoms with van der Waals surface area (Å²) in [5.41, 5.74) is 4.87. The molecule has 0 spiro atoms. The number of carboxylic acid groups (broad SMARTS) is 1. The molecule has 0 amide bonds. The Kier molecular flexibility index (Phi) is 3.43. The summed E-state index contributed by atoms with van der Waals surface area (Å²) < 4.78 is 12.3. The maximum Gasteiger partial charge on any atom is 0.338 e. The van der Waals surface area contributed by atoms with Crippen LogP contribution in [0.1, 0.15) is 10.4 Å². The summed E-state index contributed by atoms with van der Waals surface area (Å²) in [7, 11) is 0. The molecule has 66 valence electrons. The predicted octanol–water partition coefficient (Wildman–Crippen LogP) is 0.923. The molecule has 3 N–H and O–H groups in total. The largest absolute Gasteiger partial charge is 0.478 e. The van der Waals surface area contributed by atoms with Crippen molar-refractivity contribution >= 4 is 24.1 Å². The fourth-order valence-corrected chi connectivity index (χ4v) is 0.626. The standard InChI is InChI=1S/C6H5FN2O2.ClH/c7-5-1-3(6(10)11)4(8)2-9-5;/h1-2H,8H2,(H,10,11);1H. The third-order valence-electron chi connectivity index (χ3n) is 1.13. The number of nitrogens with zero attached hydrogens (tertiary/aromatic N) is 1. The highest BCUT2D eigenvalue weighted by molar-refractivity contribution is 5.93. The van der Waals surface area contributed by atoms with E-state index < -0.39 is 11.9 Å². The summed E-state index contributed by atoms with van der Waals surface area (Å²) in [6.07, 6.45) is 0.971. The van der Waals surface area contributed by atoms with Crippen LogP contribution in [0, 0.1) is 5.95 Å². The zero-order chi connectivity index (χ0) is 8.43. The van der Waals surface area contributed by atoms with E-state index in [0.29, 0.717) is 0 Å². The van der Waals surface area contributed by atoms with Crippen LogP contribution in [0.15, 0.2) is 12.3 Å². The Morgan fingerprint density at radius 2 is 2.25 bits per heavy atom. The topological polar surface area (TPSA) is 76.2 Å². The quantitative estimate of drug-likeness (QED) is 0.649. The average molecular weight is 193 g/mol. The van der Waals surface area contributed by atoms with Crippen LogP contribution in [0.5, 0.6) is 0 Å². The molecule has 4 nitrogen and oxygen atoms in total. The minimum atomic E-state index is -1.26. The van der Waals surface area contributed by atoms with Crippen LogP contribution in [0.25, 0.3) is 0 Å². The van der Waals surface area contributed by atoms with E-state index in [1.165, 1.54) is 0 Å². The lowest BCUT2D eigenvalue weighted by molar-refractivity contribution is 0.0697. The van der Waals surface area contributed by atoms with Gasteiger partial charge in [0.05, 0.1) is 17.4 Å². The van der Waals surface area contributed by atoms with Crippen molar-refractivity contribution in [2.24, 2.45) is 0 Å². The van der Waals surface area contributed by atoms with Gasteiger partial charge in [0, 0.05) is 6.07 Å². The van der Waals surface area contributed by atoms with Gasteiger partial charge in [-0.25, -0.2) is 9.78 Å². The number of halogens is 2. The second kappa shape index (κ2) is 3.87. The molecule has 0 aliphatic heterocycles. The predicted molar refractivity (Wildman–Crippen MR) is 42.8 cm³/mol. The summed E-state index contributed by atoms with van der Waals surface area (Å²) in [6.45, 7) is 0. The fraction of sp³-hybridized carbons (Fsp3) is 0. The lowest BCUT2D eigenvalue weighted by Gasteiger charge is -1.97. The van der Waals surface area contributed by atoms with Gasteiger partial charge in [0.1, 0.15) is 0 Å². The fourth-order valence-electron chi connectivity index (χ4n) is 0.626. The molecule has 1 rings (SSSR count). The van der Waals surface area contributed by atoms with Crippen LogP contribution >= 0.6 is 12.4 Å². The molecule has 1 aromatic rings. The molecule has 0 bridgehead atoms. The lowest BCUT2D eigenvalue weighted by Crippen LogP contribution is -2.03. The van der Waals surface area contributed by atoms with Gasteiger partial charge in [0.15, 0.2) is 0 Å². The molecule has 12 heavy (non-hydrogen) atoms. The van der Waals surface area contributed by atoms with Gasteiger partial charge in [-0.3, -0.25) is 0 Å². The monoisotopic (exact) mass is 192 g/mol. The molecule has 6 heteroatoms. The Balaban J connectivity index is 0.00000121. The minimum Gasteiger partial charge on any atom is -0.478 e. The van der Waals surface area contributed by atoms with E-state index in [1.807, 2.05) is 0 Å². The molecule has 0 aromatic carbocycles. The van der Waals surface area contributed by atoms with Crippen molar-refractivity contribution in [3.8, 4) is 0 Å². The second-order valence-electron chi connectivity index (χ2n) is 1.90. The zero-order valence-electron chi connectivity index (χ0n) is 5.82. The van der Waals surface area contributed by atoms with E-state index in [9.17, 15) is 9.18 Å². The molecule has 0 saturated heterocycles. The highest BCUT2D eigenvalue weighted by Gasteiger charge is 2.08. The summed E-state index contributed by atoms with van der Waals surface area (Å²) in [5, 5.41) is 8.42. The SMILES string of the molecule is Cl.Nc1cnc(F)cc1C(=O)O. The van der Waals surface area contributed by atoms with Crippen LogP contribution in [-0.4, -0.2) is 16.1 Å². The van der Waals surface area contributed by atoms with E-state index >= 15 is 0 Å². The number of hydrogen-bond donors (Lipinski definition) is 2. The second-order valence-corrected chi connectivity index (χ2v) is 1.90. The average Bonchev–Trinajstić information content (AvgIpc) is 1.94. The number of pyridine rings is 1. The Morgan fingerprint density at radius 3 is 2.67 bits per heavy atom. The van der Waals surface area contributed by atoms with E-state index in [2.05, 4.69) is 4.98 Å². The highest BCUT2D eigenvalue weighted by Crippen LogP contribution is 2.09. The van der Waals surface area contributed by atoms with Crippen molar-refractivity contribution in [3.63, 3.8) is 0 Å². The van der Waals surface area contributed by atoms with Crippen LogP contribution in [-0.2, 0) is 0 Å². The van der Waals surface area contributed by atoms with Crippen LogP contribution < -0.4 is 5.73 Å². The number of carboxylic acids is 1. The van der Waals surface area contributed by atoms with Crippen LogP contribution in [0.2, 0.25) is 0 Å².